The Balaban J connectivity index is 2.03. The van der Waals surface area contributed by atoms with Crippen molar-refractivity contribution in [2.45, 2.75) is 6.54 Å². The van der Waals surface area contributed by atoms with Crippen molar-refractivity contribution in [2.24, 2.45) is 0 Å². The van der Waals surface area contributed by atoms with Gasteiger partial charge in [-0.15, -0.1) is 0 Å². The van der Waals surface area contributed by atoms with Crippen LogP contribution in [0.3, 0.4) is 0 Å². The summed E-state index contributed by atoms with van der Waals surface area (Å²) in [7, 11) is 0. The zero-order valence-corrected chi connectivity index (χ0v) is 7.54. The summed E-state index contributed by atoms with van der Waals surface area (Å²) in [6, 6.07) is 0. The van der Waals surface area contributed by atoms with E-state index in [4.69, 9.17) is 11.6 Å². The first-order valence-corrected chi connectivity index (χ1v) is 4.29. The Morgan fingerprint density at radius 2 is 2.50 bits per heavy atom. The van der Waals surface area contributed by atoms with Gasteiger partial charge < -0.3 is 9.88 Å². The Morgan fingerprint density at radius 3 is 3.17 bits per heavy atom. The van der Waals surface area contributed by atoms with Crippen molar-refractivity contribution in [3.05, 3.63) is 30.3 Å². The molecule has 1 aromatic rings. The Morgan fingerprint density at radius 1 is 1.58 bits per heavy atom. The molecule has 0 saturated carbocycles. The maximum atomic E-state index is 5.34. The molecule has 0 spiro atoms. The van der Waals surface area contributed by atoms with E-state index in [1.165, 1.54) is 5.54 Å². The van der Waals surface area contributed by atoms with Crippen LogP contribution < -0.4 is 5.32 Å². The molecule has 0 unspecified atom stereocenters. The average molecular weight is 186 g/mol. The predicted octanol–water partition coefficient (Wildman–Crippen LogP) is 1.23. The molecule has 0 aromatic carbocycles. The minimum Gasteiger partial charge on any atom is -0.336 e. The fourth-order valence-electron chi connectivity index (χ4n) is 0.857. The average Bonchev–Trinajstić information content (AvgIpc) is 2.57. The fourth-order valence-corrected chi connectivity index (χ4v) is 0.946. The van der Waals surface area contributed by atoms with Crippen molar-refractivity contribution in [2.75, 3.05) is 13.1 Å². The number of imidazole rings is 1. The molecule has 3 nitrogen and oxygen atoms in total. The first-order chi connectivity index (χ1) is 5.93. The molecular weight excluding hydrogens is 174 g/mol. The van der Waals surface area contributed by atoms with Gasteiger partial charge in [-0.3, -0.25) is 0 Å². The fraction of sp³-hybridized carbons (Fsp3) is 0.375. The van der Waals surface area contributed by atoms with E-state index in [2.05, 4.69) is 10.3 Å². The Hall–Kier alpha value is -0.800. The molecule has 12 heavy (non-hydrogen) atoms. The van der Waals surface area contributed by atoms with Crippen molar-refractivity contribution in [1.82, 2.24) is 14.9 Å². The topological polar surface area (TPSA) is 29.9 Å². The molecule has 0 aliphatic heterocycles. The highest BCUT2D eigenvalue weighted by Gasteiger charge is 1.87. The van der Waals surface area contributed by atoms with E-state index >= 15 is 0 Å². The molecule has 4 heteroatoms. The van der Waals surface area contributed by atoms with Gasteiger partial charge in [0, 0.05) is 37.6 Å². The van der Waals surface area contributed by atoms with Crippen LogP contribution in [-0.2, 0) is 6.54 Å². The van der Waals surface area contributed by atoms with Crippen molar-refractivity contribution in [3.8, 4) is 0 Å². The summed E-state index contributed by atoms with van der Waals surface area (Å²) in [6.45, 7) is 2.69. The summed E-state index contributed by atoms with van der Waals surface area (Å²) in [5, 5.41) is 3.20. The maximum Gasteiger partial charge on any atom is 0.0946 e. The lowest BCUT2D eigenvalue weighted by Gasteiger charge is -2.01. The van der Waals surface area contributed by atoms with Gasteiger partial charge in [-0.1, -0.05) is 17.7 Å². The van der Waals surface area contributed by atoms with Crippen molar-refractivity contribution >= 4 is 11.6 Å². The molecule has 0 radical (unpaired) electrons. The minimum absolute atomic E-state index is 0.818. The molecule has 66 valence electrons. The molecule has 1 rings (SSSR count). The largest absolute Gasteiger partial charge is 0.336 e. The van der Waals surface area contributed by atoms with Gasteiger partial charge >= 0.3 is 0 Å². The molecule has 1 heterocycles. The van der Waals surface area contributed by atoms with E-state index in [1.807, 2.05) is 16.8 Å². The Bertz CT molecular complexity index is 218. The molecule has 1 aromatic heterocycles. The molecule has 0 saturated heterocycles. The summed E-state index contributed by atoms with van der Waals surface area (Å²) < 4.78 is 2.03. The molecule has 0 amide bonds. The van der Waals surface area contributed by atoms with Crippen LogP contribution in [-0.4, -0.2) is 22.6 Å². The Labute approximate surface area is 77.1 Å². The smallest absolute Gasteiger partial charge is 0.0946 e. The second kappa shape index (κ2) is 5.80. The van der Waals surface area contributed by atoms with Gasteiger partial charge in [0.25, 0.3) is 0 Å². The lowest BCUT2D eigenvalue weighted by Crippen LogP contribution is -2.19. The third-order valence-electron chi connectivity index (χ3n) is 1.46. The van der Waals surface area contributed by atoms with Gasteiger partial charge in [0.15, 0.2) is 0 Å². The zero-order chi connectivity index (χ0) is 8.65. The number of nitrogens with zero attached hydrogens (tertiary/aromatic N) is 2. The molecule has 0 bridgehead atoms. The summed E-state index contributed by atoms with van der Waals surface area (Å²) in [4.78, 5) is 3.94. The highest BCUT2D eigenvalue weighted by molar-refractivity contribution is 6.25. The van der Waals surface area contributed by atoms with Gasteiger partial charge in [0.2, 0.25) is 0 Å². The van der Waals surface area contributed by atoms with Gasteiger partial charge in [0.05, 0.1) is 6.33 Å². The van der Waals surface area contributed by atoms with E-state index < -0.39 is 0 Å². The van der Waals surface area contributed by atoms with Crippen LogP contribution in [0.25, 0.3) is 0 Å². The van der Waals surface area contributed by atoms with Gasteiger partial charge in [-0.25, -0.2) is 4.98 Å². The van der Waals surface area contributed by atoms with Crippen molar-refractivity contribution in [3.63, 3.8) is 0 Å². The highest BCUT2D eigenvalue weighted by Crippen LogP contribution is 1.83. The number of halogens is 1. The second-order valence-corrected chi connectivity index (χ2v) is 2.62. The SMILES string of the molecule is Cl/C=C/CNCCn1ccnc1. The van der Waals surface area contributed by atoms with Crippen LogP contribution in [0.4, 0.5) is 0 Å². The normalized spacial score (nSPS) is 11.1. The van der Waals surface area contributed by atoms with E-state index in [1.54, 1.807) is 12.5 Å². The number of rotatable bonds is 5. The monoisotopic (exact) mass is 185 g/mol. The molecule has 0 fully saturated rings. The summed E-state index contributed by atoms with van der Waals surface area (Å²) in [6.07, 6.45) is 7.40. The third-order valence-corrected chi connectivity index (χ3v) is 1.64. The molecule has 0 aliphatic rings. The van der Waals surface area contributed by atoms with Crippen molar-refractivity contribution < 1.29 is 0 Å². The third kappa shape index (κ3) is 3.55. The summed E-state index contributed by atoms with van der Waals surface area (Å²) in [5.74, 6) is 0. The number of hydrogen-bond acceptors (Lipinski definition) is 2. The maximum absolute atomic E-state index is 5.34. The minimum atomic E-state index is 0.818. The molecule has 0 atom stereocenters. The highest BCUT2D eigenvalue weighted by atomic mass is 35.5. The van der Waals surface area contributed by atoms with E-state index in [9.17, 15) is 0 Å². The quantitative estimate of drug-likeness (QED) is 0.700. The van der Waals surface area contributed by atoms with E-state index in [0.717, 1.165) is 19.6 Å². The second-order valence-electron chi connectivity index (χ2n) is 2.37. The number of aromatic nitrogens is 2. The molecule has 1 N–H and O–H groups in total. The van der Waals surface area contributed by atoms with Crippen LogP contribution in [0.5, 0.6) is 0 Å². The van der Waals surface area contributed by atoms with E-state index in [0.29, 0.717) is 0 Å². The predicted molar refractivity (Wildman–Crippen MR) is 50.1 cm³/mol. The number of nitrogens with one attached hydrogen (secondary N) is 1. The zero-order valence-electron chi connectivity index (χ0n) is 6.78. The van der Waals surface area contributed by atoms with Crippen LogP contribution in [0.2, 0.25) is 0 Å². The van der Waals surface area contributed by atoms with Crippen LogP contribution in [0, 0.1) is 0 Å². The standard InChI is InChI=1S/C8H12ClN3/c9-2-1-3-10-4-6-12-7-5-11-8-12/h1-2,5,7-8,10H,3-4,6H2/b2-1+. The van der Waals surface area contributed by atoms with Gasteiger partial charge in [-0.05, 0) is 0 Å². The van der Waals surface area contributed by atoms with Crippen molar-refractivity contribution in [1.29, 1.82) is 0 Å². The summed E-state index contributed by atoms with van der Waals surface area (Å²) >= 11 is 5.34. The van der Waals surface area contributed by atoms with Crippen LogP contribution >= 0.6 is 11.6 Å². The summed E-state index contributed by atoms with van der Waals surface area (Å²) in [5.41, 5.74) is 1.52. The van der Waals surface area contributed by atoms with Gasteiger partial charge in [-0.2, -0.15) is 0 Å². The first kappa shape index (κ1) is 9.29. The lowest BCUT2D eigenvalue weighted by molar-refractivity contribution is 0.625. The first-order valence-electron chi connectivity index (χ1n) is 3.85. The van der Waals surface area contributed by atoms with Gasteiger partial charge in [0.1, 0.15) is 0 Å². The number of hydrogen-bond donors (Lipinski definition) is 1. The molecule has 0 aliphatic carbocycles. The van der Waals surface area contributed by atoms with Crippen LogP contribution in [0.15, 0.2) is 30.3 Å². The molecular formula is C8H12ClN3. The lowest BCUT2D eigenvalue weighted by atomic mass is 10.5. The van der Waals surface area contributed by atoms with E-state index in [-0.39, 0.29) is 0 Å². The Kier molecular flexibility index (Phi) is 4.49. The van der Waals surface area contributed by atoms with Crippen LogP contribution in [0.1, 0.15) is 0 Å².